The molecule has 1 aliphatic heterocycles. The number of rotatable bonds is 5. The molecule has 5 rings (SSSR count). The van der Waals surface area contributed by atoms with Crippen molar-refractivity contribution in [3.63, 3.8) is 0 Å². The van der Waals surface area contributed by atoms with Crippen molar-refractivity contribution in [1.82, 2.24) is 24.8 Å². The molecule has 1 unspecified atom stereocenters. The molecule has 1 saturated heterocycles. The molecule has 0 bridgehead atoms. The number of likely N-dealkylation sites (tertiary alicyclic amines) is 1. The average Bonchev–Trinajstić information content (AvgIpc) is 3.20. The number of thiazole rings is 1. The van der Waals surface area contributed by atoms with Crippen LogP contribution in [0.1, 0.15) is 35.2 Å². The molecular weight excluding hydrogens is 406 g/mol. The van der Waals surface area contributed by atoms with Crippen LogP contribution in [0.5, 0.6) is 0 Å². The van der Waals surface area contributed by atoms with Crippen molar-refractivity contribution in [2.45, 2.75) is 32.2 Å². The lowest BCUT2D eigenvalue weighted by Gasteiger charge is -2.31. The maximum Gasteiger partial charge on any atom is 0.232 e. The van der Waals surface area contributed by atoms with Crippen molar-refractivity contribution in [3.05, 3.63) is 64.9 Å². The second-order valence-corrected chi connectivity index (χ2v) is 9.03. The number of fused-ring (bicyclic) bond motifs is 1. The van der Waals surface area contributed by atoms with Gasteiger partial charge in [-0.05, 0) is 50.1 Å². The number of para-hydroxylation sites is 2. The van der Waals surface area contributed by atoms with Gasteiger partial charge in [-0.25, -0.2) is 4.98 Å². The Hall–Kier alpha value is -3.10. The highest BCUT2D eigenvalue weighted by Crippen LogP contribution is 2.33. The van der Waals surface area contributed by atoms with Crippen LogP contribution < -0.4 is 11.1 Å². The molecule has 158 valence electrons. The fourth-order valence-corrected chi connectivity index (χ4v) is 5.16. The van der Waals surface area contributed by atoms with E-state index < -0.39 is 0 Å². The van der Waals surface area contributed by atoms with E-state index in [1.54, 1.807) is 0 Å². The molecule has 7 nitrogen and oxygen atoms in total. The Bertz CT molecular complexity index is 1170. The normalized spacial score (nSPS) is 17.1. The lowest BCUT2D eigenvalue weighted by atomic mass is 9.99. The van der Waals surface area contributed by atoms with Crippen molar-refractivity contribution in [2.75, 3.05) is 24.1 Å². The number of aryl methyl sites for hydroxylation is 1. The van der Waals surface area contributed by atoms with Gasteiger partial charge in [0.25, 0.3) is 0 Å². The van der Waals surface area contributed by atoms with Gasteiger partial charge < -0.3 is 11.1 Å². The summed E-state index contributed by atoms with van der Waals surface area (Å²) in [5.74, 6) is 1.85. The third kappa shape index (κ3) is 4.50. The molecule has 0 radical (unpaired) electrons. The van der Waals surface area contributed by atoms with Crippen LogP contribution in [0, 0.1) is 6.92 Å². The van der Waals surface area contributed by atoms with Crippen molar-refractivity contribution < 1.29 is 0 Å². The van der Waals surface area contributed by atoms with Gasteiger partial charge in [-0.3, -0.25) is 4.90 Å². The molecule has 3 heterocycles. The molecule has 2 aromatic carbocycles. The molecule has 0 saturated carbocycles. The van der Waals surface area contributed by atoms with Gasteiger partial charge in [0.05, 0.1) is 21.8 Å². The fraction of sp³-hybridized carbons (Fsp3) is 0.304. The van der Waals surface area contributed by atoms with Gasteiger partial charge in [0.2, 0.25) is 11.9 Å². The highest BCUT2D eigenvalue weighted by molar-refractivity contribution is 7.18. The summed E-state index contributed by atoms with van der Waals surface area (Å²) >= 11 is 1.81. The minimum Gasteiger partial charge on any atom is -0.368 e. The largest absolute Gasteiger partial charge is 0.368 e. The lowest BCUT2D eigenvalue weighted by Crippen LogP contribution is -2.34. The Morgan fingerprint density at radius 3 is 2.77 bits per heavy atom. The minimum atomic E-state index is 0.237. The zero-order valence-corrected chi connectivity index (χ0v) is 18.3. The number of hydrogen-bond acceptors (Lipinski definition) is 8. The van der Waals surface area contributed by atoms with Crippen LogP contribution in [0.4, 0.5) is 17.6 Å². The molecule has 1 aliphatic rings. The SMILES string of the molecule is Cc1ccccc1Nc1nc(N)nc(CN2CCCC(c3nc4ccccc4s3)C2)n1. The van der Waals surface area contributed by atoms with Crippen LogP contribution in [0.15, 0.2) is 48.5 Å². The van der Waals surface area contributed by atoms with E-state index in [0.29, 0.717) is 24.2 Å². The Labute approximate surface area is 185 Å². The quantitative estimate of drug-likeness (QED) is 0.481. The van der Waals surface area contributed by atoms with Gasteiger partial charge in [0.1, 0.15) is 5.82 Å². The standard InChI is InChI=1S/C23H25N7S/c1-15-7-2-3-9-17(15)26-23-28-20(27-22(24)29-23)14-30-12-6-8-16(13-30)21-25-18-10-4-5-11-19(18)31-21/h2-5,7,9-11,16H,6,8,12-14H2,1H3,(H3,24,26,27,28,29). The third-order valence-electron chi connectivity index (χ3n) is 5.62. The highest BCUT2D eigenvalue weighted by Gasteiger charge is 2.25. The summed E-state index contributed by atoms with van der Waals surface area (Å²) in [6.45, 7) is 4.67. The molecule has 2 aromatic heterocycles. The van der Waals surface area contributed by atoms with Crippen LogP contribution in [0.2, 0.25) is 0 Å². The summed E-state index contributed by atoms with van der Waals surface area (Å²) in [6.07, 6.45) is 2.30. The number of hydrogen-bond donors (Lipinski definition) is 2. The summed E-state index contributed by atoms with van der Waals surface area (Å²) in [7, 11) is 0. The first-order valence-electron chi connectivity index (χ1n) is 10.5. The molecule has 1 fully saturated rings. The molecule has 3 N–H and O–H groups in total. The van der Waals surface area contributed by atoms with Gasteiger partial charge in [0.15, 0.2) is 0 Å². The summed E-state index contributed by atoms with van der Waals surface area (Å²) in [5.41, 5.74) is 9.17. The van der Waals surface area contributed by atoms with Crippen molar-refractivity contribution in [2.24, 2.45) is 0 Å². The second-order valence-electron chi connectivity index (χ2n) is 7.97. The molecule has 31 heavy (non-hydrogen) atoms. The Kier molecular flexibility index (Phi) is 5.48. The summed E-state index contributed by atoms with van der Waals surface area (Å²) in [4.78, 5) is 20.6. The first kappa shape index (κ1) is 19.8. The molecule has 0 amide bonds. The van der Waals surface area contributed by atoms with Crippen LogP contribution >= 0.6 is 11.3 Å². The van der Waals surface area contributed by atoms with Gasteiger partial charge >= 0.3 is 0 Å². The van der Waals surface area contributed by atoms with Crippen LogP contribution in [0.3, 0.4) is 0 Å². The van der Waals surface area contributed by atoms with Crippen LogP contribution in [-0.2, 0) is 6.54 Å². The highest BCUT2D eigenvalue weighted by atomic mass is 32.1. The Morgan fingerprint density at radius 1 is 1.06 bits per heavy atom. The van der Waals surface area contributed by atoms with Crippen LogP contribution in [-0.4, -0.2) is 37.9 Å². The number of piperidine rings is 1. The molecule has 0 spiro atoms. The maximum atomic E-state index is 5.99. The van der Waals surface area contributed by atoms with Gasteiger partial charge in [-0.2, -0.15) is 15.0 Å². The zero-order chi connectivity index (χ0) is 21.2. The van der Waals surface area contributed by atoms with E-state index in [0.717, 1.165) is 42.7 Å². The summed E-state index contributed by atoms with van der Waals surface area (Å²) in [6, 6.07) is 16.4. The smallest absolute Gasteiger partial charge is 0.232 e. The van der Waals surface area contributed by atoms with E-state index in [-0.39, 0.29) is 5.95 Å². The van der Waals surface area contributed by atoms with Gasteiger partial charge in [-0.1, -0.05) is 30.3 Å². The Balaban J connectivity index is 1.31. The van der Waals surface area contributed by atoms with E-state index in [9.17, 15) is 0 Å². The maximum absolute atomic E-state index is 5.99. The van der Waals surface area contributed by atoms with E-state index in [1.165, 1.54) is 9.71 Å². The summed E-state index contributed by atoms with van der Waals surface area (Å²) in [5, 5.41) is 4.50. The van der Waals surface area contributed by atoms with E-state index in [1.807, 2.05) is 48.6 Å². The predicted octanol–water partition coefficient (Wildman–Crippen LogP) is 4.50. The second kappa shape index (κ2) is 8.56. The number of nitrogens with zero attached hydrogens (tertiary/aromatic N) is 5. The topological polar surface area (TPSA) is 92.8 Å². The van der Waals surface area contributed by atoms with Crippen LogP contribution in [0.25, 0.3) is 10.2 Å². The van der Waals surface area contributed by atoms with Crippen molar-refractivity contribution in [1.29, 1.82) is 0 Å². The lowest BCUT2D eigenvalue weighted by molar-refractivity contribution is 0.196. The van der Waals surface area contributed by atoms with E-state index >= 15 is 0 Å². The summed E-state index contributed by atoms with van der Waals surface area (Å²) < 4.78 is 1.26. The monoisotopic (exact) mass is 431 g/mol. The molecule has 4 aromatic rings. The predicted molar refractivity (Wildman–Crippen MR) is 126 cm³/mol. The number of benzene rings is 2. The van der Waals surface area contributed by atoms with Crippen molar-refractivity contribution in [3.8, 4) is 0 Å². The Morgan fingerprint density at radius 2 is 1.90 bits per heavy atom. The first-order valence-corrected chi connectivity index (χ1v) is 11.4. The number of nitrogens with one attached hydrogen (secondary N) is 1. The first-order chi connectivity index (χ1) is 15.1. The van der Waals surface area contributed by atoms with E-state index in [4.69, 9.17) is 10.7 Å². The average molecular weight is 432 g/mol. The van der Waals surface area contributed by atoms with Gasteiger partial charge in [0, 0.05) is 18.2 Å². The number of nitrogens with two attached hydrogens (primary N) is 1. The van der Waals surface area contributed by atoms with Gasteiger partial charge in [-0.15, -0.1) is 11.3 Å². The number of nitrogen functional groups attached to an aromatic ring is 1. The molecule has 8 heteroatoms. The molecule has 1 atom stereocenters. The third-order valence-corrected chi connectivity index (χ3v) is 6.82. The zero-order valence-electron chi connectivity index (χ0n) is 17.5. The molecule has 0 aliphatic carbocycles. The van der Waals surface area contributed by atoms with Crippen molar-refractivity contribution >= 4 is 39.1 Å². The fourth-order valence-electron chi connectivity index (χ4n) is 4.06. The molecular formula is C23H25N7S. The number of aromatic nitrogens is 4. The van der Waals surface area contributed by atoms with E-state index in [2.05, 4.69) is 43.4 Å². The number of anilines is 3. The minimum absolute atomic E-state index is 0.237.